The maximum absolute atomic E-state index is 4.40. The summed E-state index contributed by atoms with van der Waals surface area (Å²) in [4.78, 5) is 0. The van der Waals surface area contributed by atoms with Gasteiger partial charge in [-0.15, -0.1) is 205 Å². The van der Waals surface area contributed by atoms with Crippen LogP contribution in [-0.2, 0) is 0 Å². The van der Waals surface area contributed by atoms with Crippen LogP contribution in [0.15, 0.2) is 0 Å². The summed E-state index contributed by atoms with van der Waals surface area (Å²) < 4.78 is 0. The highest BCUT2D eigenvalue weighted by atomic mass is 33.6. The van der Waals surface area contributed by atoms with E-state index in [2.05, 4.69) is 223 Å². The van der Waals surface area contributed by atoms with Crippen molar-refractivity contribution in [2.75, 3.05) is 0 Å². The summed E-state index contributed by atoms with van der Waals surface area (Å²) in [6, 6.07) is 0. The minimum absolute atomic E-state index is 0.126. The Hall–Kier alpha value is 21.1. The number of hydrogen-bond acceptors (Lipinski definition) is 0. The lowest BCUT2D eigenvalue weighted by atomic mass is 28.4. The van der Waals surface area contributed by atoms with Crippen molar-refractivity contribution in [3.8, 4) is 0 Å². The summed E-state index contributed by atoms with van der Waals surface area (Å²) in [7, 11) is 89.3. The average molecular weight is 1570 g/mol. The fraction of sp³-hybridized carbons (Fsp3) is 0. The van der Waals surface area contributed by atoms with Gasteiger partial charge in [0.1, 0.15) is 0 Å². The Bertz CT molecular complexity index is 710. The predicted octanol–water partition coefficient (Wildman–Crippen LogP) is 29.1. The topological polar surface area (TPSA) is 0 Å². The second-order valence-corrected chi connectivity index (χ2v) is 205. The molecule has 0 saturated carbocycles. The normalized spacial score (nSPS) is 16.3. The van der Waals surface area contributed by atoms with Gasteiger partial charge in [-0.1, -0.05) is 25.8 Å². The molecule has 0 aliphatic rings. The van der Waals surface area contributed by atoms with Gasteiger partial charge in [-0.3, -0.25) is 0 Å². The van der Waals surface area contributed by atoms with Gasteiger partial charge in [-0.25, -0.2) is 0 Å². The first kappa shape index (κ1) is 70.1. The van der Waals surface area contributed by atoms with E-state index in [1.807, 2.05) is 0 Å². The minimum atomic E-state index is -0.260. The van der Waals surface area contributed by atoms with E-state index in [-0.39, 0.29) is 161 Å². The SMILES string of the molecule is [PH]PP(P([PH])P)P(P(P)P)P(P(P(P)P)P(P)P)P(P(P(P(P)P)P(P)P)P(P(P)P)P(P)P)P(P(P(P)P)P(P)P)P(P(P)P)P(P)P. The first-order valence-corrected chi connectivity index (χ1v) is 99.3. The lowest BCUT2D eigenvalue weighted by Gasteiger charge is -2.58. The van der Waals surface area contributed by atoms with Crippen molar-refractivity contribution in [3.05, 3.63) is 0 Å². The van der Waals surface area contributed by atoms with E-state index in [4.69, 9.17) is 0 Å². The van der Waals surface area contributed by atoms with Crippen LogP contribution in [0, 0.1) is 0 Å². The van der Waals surface area contributed by atoms with Crippen LogP contribution in [0.2, 0.25) is 0 Å². The van der Waals surface area contributed by atoms with Crippen LogP contribution in [0.5, 0.6) is 0 Å². The van der Waals surface area contributed by atoms with Crippen LogP contribution >= 0.6 is 392 Å². The van der Waals surface area contributed by atoms with Crippen LogP contribution in [-0.4, -0.2) is 0 Å². The Morgan fingerprint density at radius 3 is 0.510 bits per heavy atom. The molecular formula is H49P49. The van der Waals surface area contributed by atoms with Gasteiger partial charge in [0.05, 0.1) is 0 Å². The Labute approximate surface area is 386 Å². The van der Waals surface area contributed by atoms with Crippen LogP contribution in [0.25, 0.3) is 0 Å². The molecule has 294 valence electrons. The van der Waals surface area contributed by atoms with Crippen molar-refractivity contribution >= 4 is 392 Å². The molecule has 0 fully saturated rings. The molecule has 0 amide bonds. The summed E-state index contributed by atoms with van der Waals surface area (Å²) in [5, 5.41) is 0. The van der Waals surface area contributed by atoms with Crippen molar-refractivity contribution in [2.24, 2.45) is 0 Å². The Balaban J connectivity index is 9.41. The summed E-state index contributed by atoms with van der Waals surface area (Å²) in [6.45, 7) is -3.97. The maximum Gasteiger partial charge on any atom is -0.0000150 e. The molecule has 0 aliphatic heterocycles. The molecule has 2 radical (unpaired) electrons. The maximum atomic E-state index is 4.40. The molecule has 49 heteroatoms. The Morgan fingerprint density at radius 2 is 0.388 bits per heavy atom. The molecule has 0 spiro atoms. The van der Waals surface area contributed by atoms with Gasteiger partial charge >= 0.3 is 0 Å². The van der Waals surface area contributed by atoms with Crippen LogP contribution in [0.3, 0.4) is 0 Å². The highest BCUT2D eigenvalue weighted by molar-refractivity contribution is 9.51. The van der Waals surface area contributed by atoms with Crippen LogP contribution < -0.4 is 0 Å². The fourth-order valence-electron chi connectivity index (χ4n) is 2.83. The van der Waals surface area contributed by atoms with Crippen molar-refractivity contribution in [1.82, 2.24) is 0 Å². The molecule has 0 saturated heterocycles. The molecule has 0 heterocycles. The third-order valence-electron chi connectivity index (χ3n) is 4.19. The minimum Gasteiger partial charge on any atom is -0.102 e. The van der Waals surface area contributed by atoms with E-state index in [0.717, 1.165) is 7.96 Å². The van der Waals surface area contributed by atoms with E-state index < -0.39 is 0 Å². The van der Waals surface area contributed by atoms with Crippen molar-refractivity contribution in [3.63, 3.8) is 0 Å². The molecule has 0 aromatic rings. The van der Waals surface area contributed by atoms with E-state index in [0.29, 0.717) is 0 Å². The second-order valence-electron chi connectivity index (χ2n) is 7.61. The van der Waals surface area contributed by atoms with Crippen LogP contribution in [0.4, 0.5) is 0 Å². The molecule has 28 atom stereocenters. The van der Waals surface area contributed by atoms with Gasteiger partial charge in [-0.2, -0.15) is 0 Å². The highest BCUT2D eigenvalue weighted by Gasteiger charge is 2.58. The zero-order valence-electron chi connectivity index (χ0n) is 25.1. The molecule has 0 bridgehead atoms. The van der Waals surface area contributed by atoms with E-state index in [1.54, 1.807) is 0 Å². The first-order valence-electron chi connectivity index (χ1n) is 11.0. The van der Waals surface area contributed by atoms with E-state index in [9.17, 15) is 0 Å². The third-order valence-corrected chi connectivity index (χ3v) is 339. The van der Waals surface area contributed by atoms with Gasteiger partial charge in [0.15, 0.2) is 0 Å². The van der Waals surface area contributed by atoms with Crippen molar-refractivity contribution < 1.29 is 0 Å². The summed E-state index contributed by atoms with van der Waals surface area (Å²) in [6.07, 6.45) is 0. The van der Waals surface area contributed by atoms with E-state index >= 15 is 0 Å². The molecule has 0 aliphatic carbocycles. The molecule has 49 heavy (non-hydrogen) atoms. The van der Waals surface area contributed by atoms with Gasteiger partial charge in [0.25, 0.3) is 0 Å². The Kier molecular flexibility index (Phi) is 55.2. The molecule has 0 aromatic heterocycles. The third kappa shape index (κ3) is 25.2. The van der Waals surface area contributed by atoms with Gasteiger partial charge in [0.2, 0.25) is 0 Å². The zero-order chi connectivity index (χ0) is 39.0. The standard InChI is InChI=1S/H49P49/c1-26-39(27(2)3)45(38(24)25)48(44(36(20)21)37(22)23)49(46(40(28(4)5)29(6)7)41(30(8)9)31(10)11)47(42(32(12)13)33(14)15)43(34(16)17)35(18)19/h1-2,26H,3-25H2. The summed E-state index contributed by atoms with van der Waals surface area (Å²) in [5.74, 6) is 0. The molecule has 0 aromatic carbocycles. The fourth-order valence-corrected chi connectivity index (χ4v) is 688. The molecular weight excluding hydrogens is 1520 g/mol. The summed E-state index contributed by atoms with van der Waals surface area (Å²) >= 11 is 0. The predicted molar refractivity (Wildman–Crippen MR) is 407 cm³/mol. The monoisotopic (exact) mass is 1570 g/mol. The lowest BCUT2D eigenvalue weighted by Crippen LogP contribution is -1.70. The van der Waals surface area contributed by atoms with Gasteiger partial charge in [-0.05, 0) is 161 Å². The van der Waals surface area contributed by atoms with Crippen molar-refractivity contribution in [1.29, 1.82) is 0 Å². The van der Waals surface area contributed by atoms with Gasteiger partial charge < -0.3 is 0 Å². The molecule has 28 unspecified atom stereocenters. The Morgan fingerprint density at radius 1 is 0.245 bits per heavy atom. The average Bonchev–Trinajstić information content (AvgIpc) is 2.88. The molecule has 0 N–H and O–H groups in total. The molecule has 0 rings (SSSR count). The van der Waals surface area contributed by atoms with Crippen LogP contribution in [0.1, 0.15) is 0 Å². The zero-order valence-corrected chi connectivity index (χ0v) is 75.2. The van der Waals surface area contributed by atoms with Crippen molar-refractivity contribution in [2.45, 2.75) is 0 Å². The molecule has 0 nitrogen and oxygen atoms in total. The van der Waals surface area contributed by atoms with E-state index in [1.165, 1.54) is 0 Å². The second kappa shape index (κ2) is 38.6. The smallest absolute Gasteiger partial charge is 0.0000150 e. The largest absolute Gasteiger partial charge is 0.102 e. The quantitative estimate of drug-likeness (QED) is 0.0895. The summed E-state index contributed by atoms with van der Waals surface area (Å²) in [5.41, 5.74) is 0. The first-order chi connectivity index (χ1) is 22.3. The van der Waals surface area contributed by atoms with Gasteiger partial charge in [0, 0.05) is 0 Å². The highest BCUT2D eigenvalue weighted by Crippen LogP contribution is 3.45. The number of hydrogen-bond donors (Lipinski definition) is 0. The lowest BCUT2D eigenvalue weighted by molar-refractivity contribution is 4.36. The number of rotatable bonds is 23.